The van der Waals surface area contributed by atoms with Crippen LogP contribution in [0.15, 0.2) is 42.6 Å². The number of carbonyl (C=O) groups excluding carboxylic acids is 1. The molecule has 2 aliphatic rings. The molecule has 1 fully saturated rings. The second-order valence-corrected chi connectivity index (χ2v) is 8.91. The van der Waals surface area contributed by atoms with E-state index in [0.717, 1.165) is 37.0 Å². The highest BCUT2D eigenvalue weighted by molar-refractivity contribution is 7.83. The number of amides is 1. The van der Waals surface area contributed by atoms with Gasteiger partial charge in [0.25, 0.3) is 0 Å². The second kappa shape index (κ2) is 7.91. The molecule has 1 unspecified atom stereocenters. The Morgan fingerprint density at radius 2 is 2.00 bits per heavy atom. The van der Waals surface area contributed by atoms with Crippen LogP contribution < -0.4 is 9.47 Å². The first-order valence-electron chi connectivity index (χ1n) is 9.52. The first kappa shape index (κ1) is 18.9. The number of carbonyl (C=O) groups is 1. The Morgan fingerprint density at radius 1 is 1.21 bits per heavy atom. The number of nitrogens with zero attached hydrogens (tertiary/aromatic N) is 2. The van der Waals surface area contributed by atoms with Crippen LogP contribution in [0.1, 0.15) is 30.4 Å². The molecule has 2 aromatic rings. The minimum absolute atomic E-state index is 0.180. The zero-order valence-corrected chi connectivity index (χ0v) is 16.7. The molecule has 0 N–H and O–H groups in total. The fraction of sp³-hybridized carbons (Fsp3) is 0.429. The van der Waals surface area contributed by atoms with E-state index in [9.17, 15) is 9.00 Å². The summed E-state index contributed by atoms with van der Waals surface area (Å²) in [5.41, 5.74) is 1.94. The minimum Gasteiger partial charge on any atom is -0.487 e. The average molecular weight is 401 g/mol. The van der Waals surface area contributed by atoms with Crippen LogP contribution in [0.25, 0.3) is 0 Å². The lowest BCUT2D eigenvalue weighted by atomic mass is 9.83. The van der Waals surface area contributed by atoms with Crippen molar-refractivity contribution in [1.29, 1.82) is 0 Å². The van der Waals surface area contributed by atoms with E-state index in [1.807, 2.05) is 18.2 Å². The predicted octanol–water partition coefficient (Wildman–Crippen LogP) is 3.32. The van der Waals surface area contributed by atoms with Crippen LogP contribution in [0.3, 0.4) is 0 Å². The molecule has 1 saturated heterocycles. The Hall–Kier alpha value is -2.41. The lowest BCUT2D eigenvalue weighted by molar-refractivity contribution is -0.00961. The number of piperidine rings is 1. The minimum atomic E-state index is -0.925. The summed E-state index contributed by atoms with van der Waals surface area (Å²) >= 11 is 0. The third kappa shape index (κ3) is 4.19. The Labute approximate surface area is 167 Å². The van der Waals surface area contributed by atoms with Crippen LogP contribution >= 0.6 is 0 Å². The quantitative estimate of drug-likeness (QED) is 0.791. The Kier molecular flexibility index (Phi) is 5.35. The van der Waals surface area contributed by atoms with E-state index in [2.05, 4.69) is 11.1 Å². The molecular weight excluding hydrogens is 376 g/mol. The number of aromatic nitrogens is 1. The molecular formula is C21H24N2O4S. The summed E-state index contributed by atoms with van der Waals surface area (Å²) in [4.78, 5) is 18.3. The molecule has 6 nitrogen and oxygen atoms in total. The number of ether oxygens (including phenoxy) is 2. The van der Waals surface area contributed by atoms with Gasteiger partial charge in [-0.2, -0.15) is 0 Å². The maximum Gasteiger partial charge on any atom is 0.416 e. The third-order valence-electron chi connectivity index (χ3n) is 5.44. The van der Waals surface area contributed by atoms with Crippen LogP contribution in [-0.2, 0) is 23.0 Å². The highest BCUT2D eigenvalue weighted by Crippen LogP contribution is 2.39. The molecule has 0 saturated carbocycles. The van der Waals surface area contributed by atoms with Crippen LogP contribution in [0.2, 0.25) is 0 Å². The summed E-state index contributed by atoms with van der Waals surface area (Å²) in [6.45, 7) is 1.21. The lowest BCUT2D eigenvalue weighted by Gasteiger charge is -2.44. The van der Waals surface area contributed by atoms with Crippen molar-refractivity contribution in [3.05, 3.63) is 53.7 Å². The van der Waals surface area contributed by atoms with Gasteiger partial charge in [0, 0.05) is 61.0 Å². The molecule has 0 bridgehead atoms. The molecule has 1 spiro atoms. The lowest BCUT2D eigenvalue weighted by Crippen LogP contribution is -2.51. The number of pyridine rings is 1. The molecule has 4 rings (SSSR count). The largest absolute Gasteiger partial charge is 0.487 e. The van der Waals surface area contributed by atoms with Crippen LogP contribution in [0.5, 0.6) is 11.6 Å². The van der Waals surface area contributed by atoms with E-state index in [4.69, 9.17) is 9.47 Å². The molecule has 28 heavy (non-hydrogen) atoms. The highest BCUT2D eigenvalue weighted by atomic mass is 32.2. The Bertz CT molecular complexity index is 876. The Morgan fingerprint density at radius 3 is 2.71 bits per heavy atom. The van der Waals surface area contributed by atoms with Crippen molar-refractivity contribution >= 4 is 16.9 Å². The number of para-hydroxylation sites is 1. The van der Waals surface area contributed by atoms with Crippen molar-refractivity contribution in [2.75, 3.05) is 19.3 Å². The van der Waals surface area contributed by atoms with E-state index < -0.39 is 10.8 Å². The SMILES string of the molecule is CS(=O)Cc1ccc(OC(=O)N2CCC3(CCc4ccccc4O3)CC2)nc1. The van der Waals surface area contributed by atoms with E-state index in [-0.39, 0.29) is 17.6 Å². The van der Waals surface area contributed by atoms with Gasteiger partial charge in [-0.3, -0.25) is 4.21 Å². The van der Waals surface area contributed by atoms with Gasteiger partial charge in [-0.05, 0) is 30.0 Å². The number of hydrogen-bond acceptors (Lipinski definition) is 5. The summed E-state index contributed by atoms with van der Waals surface area (Å²) < 4.78 is 23.0. The maximum atomic E-state index is 12.5. The first-order valence-corrected chi connectivity index (χ1v) is 11.2. The van der Waals surface area contributed by atoms with E-state index >= 15 is 0 Å². The van der Waals surface area contributed by atoms with Gasteiger partial charge in [0.2, 0.25) is 5.88 Å². The Balaban J connectivity index is 1.32. The predicted molar refractivity (Wildman–Crippen MR) is 107 cm³/mol. The van der Waals surface area contributed by atoms with Crippen molar-refractivity contribution in [2.24, 2.45) is 0 Å². The van der Waals surface area contributed by atoms with Gasteiger partial charge in [0.15, 0.2) is 0 Å². The van der Waals surface area contributed by atoms with Crippen molar-refractivity contribution in [3.8, 4) is 11.6 Å². The molecule has 7 heteroatoms. The normalized spacial score (nSPS) is 18.8. The van der Waals surface area contributed by atoms with Crippen molar-refractivity contribution in [3.63, 3.8) is 0 Å². The molecule has 1 atom stereocenters. The second-order valence-electron chi connectivity index (χ2n) is 7.47. The molecule has 2 aliphatic heterocycles. The summed E-state index contributed by atoms with van der Waals surface area (Å²) in [6.07, 6.45) is 6.45. The van der Waals surface area contributed by atoms with Crippen molar-refractivity contribution in [2.45, 2.75) is 37.0 Å². The molecule has 1 aromatic heterocycles. The summed E-state index contributed by atoms with van der Waals surface area (Å²) in [7, 11) is -0.925. The molecule has 148 valence electrons. The first-order chi connectivity index (χ1) is 13.5. The van der Waals surface area contributed by atoms with Crippen molar-refractivity contribution < 1.29 is 18.5 Å². The highest BCUT2D eigenvalue weighted by Gasteiger charge is 2.40. The van der Waals surface area contributed by atoms with Gasteiger partial charge in [-0.25, -0.2) is 9.78 Å². The number of benzene rings is 1. The zero-order valence-electron chi connectivity index (χ0n) is 15.9. The van der Waals surface area contributed by atoms with E-state index in [0.29, 0.717) is 18.8 Å². The number of hydrogen-bond donors (Lipinski definition) is 0. The van der Waals surface area contributed by atoms with Gasteiger partial charge in [0.05, 0.1) is 0 Å². The number of aryl methyl sites for hydroxylation is 1. The standard InChI is InChI=1S/C21H24N2O4S/c1-28(25)15-16-6-7-19(22-14-16)26-20(24)23-12-10-21(11-13-23)9-8-17-4-2-3-5-18(17)27-21/h2-7,14H,8-13,15H2,1H3. The topological polar surface area (TPSA) is 68.7 Å². The summed E-state index contributed by atoms with van der Waals surface area (Å²) in [5.74, 6) is 1.68. The smallest absolute Gasteiger partial charge is 0.416 e. The maximum absolute atomic E-state index is 12.5. The zero-order chi connectivity index (χ0) is 19.6. The van der Waals surface area contributed by atoms with E-state index in [1.54, 1.807) is 29.5 Å². The molecule has 1 amide bonds. The average Bonchev–Trinajstić information content (AvgIpc) is 2.69. The fourth-order valence-corrected chi connectivity index (χ4v) is 4.49. The number of fused-ring (bicyclic) bond motifs is 1. The van der Waals surface area contributed by atoms with E-state index in [1.165, 1.54) is 5.56 Å². The summed E-state index contributed by atoms with van der Waals surface area (Å²) in [5, 5.41) is 0. The molecule has 3 heterocycles. The summed E-state index contributed by atoms with van der Waals surface area (Å²) in [6, 6.07) is 11.6. The van der Waals surface area contributed by atoms with Crippen LogP contribution in [0.4, 0.5) is 4.79 Å². The number of likely N-dealkylation sites (tertiary alicyclic amines) is 1. The fourth-order valence-electron chi connectivity index (χ4n) is 3.85. The molecule has 0 radical (unpaired) electrons. The van der Waals surface area contributed by atoms with Gasteiger partial charge in [-0.1, -0.05) is 24.3 Å². The third-order valence-corrected chi connectivity index (χ3v) is 6.18. The van der Waals surface area contributed by atoms with Gasteiger partial charge < -0.3 is 14.4 Å². The van der Waals surface area contributed by atoms with Gasteiger partial charge >= 0.3 is 6.09 Å². The monoisotopic (exact) mass is 400 g/mol. The van der Waals surface area contributed by atoms with Crippen LogP contribution in [-0.4, -0.2) is 45.1 Å². The van der Waals surface area contributed by atoms with Crippen LogP contribution in [0, 0.1) is 0 Å². The molecule has 0 aliphatic carbocycles. The number of rotatable bonds is 3. The van der Waals surface area contributed by atoms with Gasteiger partial charge in [-0.15, -0.1) is 0 Å². The molecule has 1 aromatic carbocycles. The van der Waals surface area contributed by atoms with Crippen molar-refractivity contribution in [1.82, 2.24) is 9.88 Å². The van der Waals surface area contributed by atoms with Gasteiger partial charge in [0.1, 0.15) is 11.4 Å².